The summed E-state index contributed by atoms with van der Waals surface area (Å²) < 4.78 is 9.54. The molecule has 1 aromatic carbocycles. The zero-order valence-electron chi connectivity index (χ0n) is 14.5. The Bertz CT molecular complexity index is 644. The number of carbonyl (C=O) groups is 3. The Hall–Kier alpha value is -2.34. The van der Waals surface area contributed by atoms with Crippen LogP contribution < -0.4 is 5.32 Å². The number of hydrogen-bond acceptors (Lipinski definition) is 5. The fraction of sp³-hybridized carbons (Fsp3) is 0.389. The number of hydrogen-bond donors (Lipinski definition) is 1. The summed E-state index contributed by atoms with van der Waals surface area (Å²) in [4.78, 5) is 35.3. The van der Waals surface area contributed by atoms with Gasteiger partial charge in [-0.3, -0.25) is 4.79 Å². The summed E-state index contributed by atoms with van der Waals surface area (Å²) >= 11 is 5.97. The molecule has 0 saturated heterocycles. The van der Waals surface area contributed by atoms with Gasteiger partial charge < -0.3 is 14.8 Å². The molecule has 0 aliphatic carbocycles. The van der Waals surface area contributed by atoms with E-state index in [2.05, 4.69) is 10.1 Å². The minimum atomic E-state index is -0.778. The molecule has 1 amide bonds. The molecule has 0 aliphatic rings. The number of methoxy groups -OCH3 is 1. The number of amides is 1. The van der Waals surface area contributed by atoms with Gasteiger partial charge in [-0.1, -0.05) is 50.1 Å². The van der Waals surface area contributed by atoms with Gasteiger partial charge in [-0.05, 0) is 23.6 Å². The van der Waals surface area contributed by atoms with Crippen molar-refractivity contribution in [1.82, 2.24) is 5.32 Å². The Morgan fingerprint density at radius 3 is 2.56 bits per heavy atom. The predicted octanol–water partition coefficient (Wildman–Crippen LogP) is 2.60. The molecule has 7 heteroatoms. The molecule has 0 saturated carbocycles. The number of carbonyl (C=O) groups excluding carboxylic acids is 3. The molecular formula is C18H22ClNO5. The molecule has 1 rings (SSSR count). The highest BCUT2D eigenvalue weighted by Gasteiger charge is 2.26. The molecule has 6 nitrogen and oxygen atoms in total. The first-order valence-electron chi connectivity index (χ1n) is 7.85. The number of nitrogens with one attached hydrogen (secondary N) is 1. The van der Waals surface area contributed by atoms with Crippen molar-refractivity contribution in [1.29, 1.82) is 0 Å². The lowest BCUT2D eigenvalue weighted by molar-refractivity contribution is -0.148. The van der Waals surface area contributed by atoms with Gasteiger partial charge in [0.15, 0.2) is 6.61 Å². The maximum atomic E-state index is 11.9. The second kappa shape index (κ2) is 10.5. The topological polar surface area (TPSA) is 81.7 Å². The number of halogens is 1. The number of esters is 2. The molecule has 0 unspecified atom stereocenters. The first kappa shape index (κ1) is 20.7. The maximum absolute atomic E-state index is 11.9. The third kappa shape index (κ3) is 6.97. The fourth-order valence-electron chi connectivity index (χ4n) is 1.96. The van der Waals surface area contributed by atoms with Gasteiger partial charge in [-0.2, -0.15) is 0 Å². The molecule has 0 fully saturated rings. The third-order valence-electron chi connectivity index (χ3n) is 3.63. The third-order valence-corrected chi connectivity index (χ3v) is 3.98. The van der Waals surface area contributed by atoms with E-state index in [1.54, 1.807) is 24.3 Å². The minimum absolute atomic E-state index is 0.104. The van der Waals surface area contributed by atoms with Crippen molar-refractivity contribution in [3.63, 3.8) is 0 Å². The molecule has 136 valence electrons. The maximum Gasteiger partial charge on any atom is 0.331 e. The first-order valence-corrected chi connectivity index (χ1v) is 8.23. The minimum Gasteiger partial charge on any atom is -0.467 e. The molecule has 1 aromatic rings. The smallest absolute Gasteiger partial charge is 0.331 e. The van der Waals surface area contributed by atoms with Crippen molar-refractivity contribution in [3.05, 3.63) is 40.9 Å². The van der Waals surface area contributed by atoms with Crippen LogP contribution in [0.15, 0.2) is 30.3 Å². The highest BCUT2D eigenvalue weighted by Crippen LogP contribution is 2.16. The lowest BCUT2D eigenvalue weighted by Gasteiger charge is -2.21. The monoisotopic (exact) mass is 367 g/mol. The SMILES string of the molecule is CC[C@@H](C)[C@H](NC(=O)COC(=O)/C=C/c1ccccc1Cl)C(=O)OC. The molecule has 1 N–H and O–H groups in total. The van der Waals surface area contributed by atoms with Crippen LogP contribution in [0.25, 0.3) is 6.08 Å². The quantitative estimate of drug-likeness (QED) is 0.564. The van der Waals surface area contributed by atoms with E-state index >= 15 is 0 Å². The van der Waals surface area contributed by atoms with Gasteiger partial charge in [0, 0.05) is 11.1 Å². The fourth-order valence-corrected chi connectivity index (χ4v) is 2.16. The predicted molar refractivity (Wildman–Crippen MR) is 94.8 cm³/mol. The van der Waals surface area contributed by atoms with Gasteiger partial charge in [-0.25, -0.2) is 9.59 Å². The van der Waals surface area contributed by atoms with Gasteiger partial charge in [0.2, 0.25) is 0 Å². The summed E-state index contributed by atoms with van der Waals surface area (Å²) in [6, 6.07) is 6.22. The van der Waals surface area contributed by atoms with Gasteiger partial charge >= 0.3 is 11.9 Å². The molecule has 0 heterocycles. The molecule has 0 spiro atoms. The van der Waals surface area contributed by atoms with E-state index in [9.17, 15) is 14.4 Å². The summed E-state index contributed by atoms with van der Waals surface area (Å²) in [6.07, 6.45) is 3.36. The van der Waals surface area contributed by atoms with Crippen LogP contribution in [0.3, 0.4) is 0 Å². The summed E-state index contributed by atoms with van der Waals surface area (Å²) in [5.74, 6) is -1.90. The number of benzene rings is 1. The summed E-state index contributed by atoms with van der Waals surface area (Å²) in [5, 5.41) is 3.02. The zero-order valence-corrected chi connectivity index (χ0v) is 15.2. The van der Waals surface area contributed by atoms with E-state index in [1.807, 2.05) is 13.8 Å². The van der Waals surface area contributed by atoms with Gasteiger partial charge in [-0.15, -0.1) is 0 Å². The van der Waals surface area contributed by atoms with Crippen molar-refractivity contribution < 1.29 is 23.9 Å². The zero-order chi connectivity index (χ0) is 18.8. The van der Waals surface area contributed by atoms with Gasteiger partial charge in [0.05, 0.1) is 7.11 Å². The van der Waals surface area contributed by atoms with Gasteiger partial charge in [0.1, 0.15) is 6.04 Å². The Morgan fingerprint density at radius 1 is 1.28 bits per heavy atom. The van der Waals surface area contributed by atoms with Crippen LogP contribution in [0, 0.1) is 5.92 Å². The molecule has 0 aromatic heterocycles. The Morgan fingerprint density at radius 2 is 1.96 bits per heavy atom. The Labute approximate surface area is 152 Å². The largest absolute Gasteiger partial charge is 0.467 e. The summed E-state index contributed by atoms with van der Waals surface area (Å²) in [7, 11) is 1.25. The molecular weight excluding hydrogens is 346 g/mol. The van der Waals surface area contributed by atoms with Gasteiger partial charge in [0.25, 0.3) is 5.91 Å². The normalized spacial score (nSPS) is 13.1. The molecule has 0 bridgehead atoms. The second-order valence-electron chi connectivity index (χ2n) is 5.42. The van der Waals surface area contributed by atoms with Crippen LogP contribution in [0.5, 0.6) is 0 Å². The van der Waals surface area contributed by atoms with Crippen molar-refractivity contribution in [2.45, 2.75) is 26.3 Å². The molecule has 2 atom stereocenters. The highest BCUT2D eigenvalue weighted by molar-refractivity contribution is 6.32. The first-order chi connectivity index (χ1) is 11.9. The van der Waals surface area contributed by atoms with Crippen molar-refractivity contribution in [2.75, 3.05) is 13.7 Å². The Balaban J connectivity index is 2.53. The van der Waals surface area contributed by atoms with E-state index in [-0.39, 0.29) is 5.92 Å². The van der Waals surface area contributed by atoms with Crippen LogP contribution in [0.1, 0.15) is 25.8 Å². The van der Waals surface area contributed by atoms with Crippen molar-refractivity contribution in [2.24, 2.45) is 5.92 Å². The van der Waals surface area contributed by atoms with E-state index in [4.69, 9.17) is 16.3 Å². The van der Waals surface area contributed by atoms with Crippen LogP contribution in [-0.2, 0) is 23.9 Å². The summed E-state index contributed by atoms with van der Waals surface area (Å²) in [5.41, 5.74) is 0.660. The molecule has 0 aliphatic heterocycles. The number of ether oxygens (including phenoxy) is 2. The van der Waals surface area contributed by atoms with Crippen molar-refractivity contribution >= 4 is 35.5 Å². The standard InChI is InChI=1S/C18H22ClNO5/c1-4-12(2)17(18(23)24-3)20-15(21)11-25-16(22)10-9-13-7-5-6-8-14(13)19/h5-10,12,17H,4,11H2,1-3H3,(H,20,21)/b10-9+/t12-,17+/m1/s1. The Kier molecular flexibility index (Phi) is 8.70. The number of rotatable bonds is 8. The van der Waals surface area contributed by atoms with Crippen LogP contribution in [0.2, 0.25) is 5.02 Å². The molecule has 25 heavy (non-hydrogen) atoms. The van der Waals surface area contributed by atoms with E-state index in [1.165, 1.54) is 19.3 Å². The average Bonchev–Trinajstić information content (AvgIpc) is 2.62. The van der Waals surface area contributed by atoms with Crippen LogP contribution >= 0.6 is 11.6 Å². The molecule has 0 radical (unpaired) electrons. The van der Waals surface area contributed by atoms with E-state index < -0.39 is 30.5 Å². The van der Waals surface area contributed by atoms with Crippen LogP contribution in [0.4, 0.5) is 0 Å². The lowest BCUT2D eigenvalue weighted by atomic mass is 9.99. The van der Waals surface area contributed by atoms with Crippen LogP contribution in [-0.4, -0.2) is 37.6 Å². The summed E-state index contributed by atoms with van der Waals surface area (Å²) in [6.45, 7) is 3.22. The second-order valence-corrected chi connectivity index (χ2v) is 5.82. The highest BCUT2D eigenvalue weighted by atomic mass is 35.5. The van der Waals surface area contributed by atoms with E-state index in [0.29, 0.717) is 17.0 Å². The van der Waals surface area contributed by atoms with Crippen molar-refractivity contribution in [3.8, 4) is 0 Å². The average molecular weight is 368 g/mol. The lowest BCUT2D eigenvalue weighted by Crippen LogP contribution is -2.47. The van der Waals surface area contributed by atoms with E-state index in [0.717, 1.165) is 0 Å².